The van der Waals surface area contributed by atoms with Gasteiger partial charge in [-0.2, -0.15) is 0 Å². The molecule has 7 heteroatoms. The predicted octanol–water partition coefficient (Wildman–Crippen LogP) is 1.24. The van der Waals surface area contributed by atoms with Gasteiger partial charge in [0.1, 0.15) is 0 Å². The summed E-state index contributed by atoms with van der Waals surface area (Å²) in [6, 6.07) is -0.121. The highest BCUT2D eigenvalue weighted by Gasteiger charge is 2.40. The average molecular weight is 294 g/mol. The number of nitrogens with one attached hydrogen (secondary N) is 2. The molecular weight excluding hydrogens is 272 g/mol. The minimum absolute atomic E-state index is 0.121. The van der Waals surface area contributed by atoms with Gasteiger partial charge in [-0.05, 0) is 19.3 Å². The van der Waals surface area contributed by atoms with E-state index in [1.807, 2.05) is 6.92 Å². The lowest BCUT2D eigenvalue weighted by atomic mass is 9.76. The minimum Gasteiger partial charge on any atom is -0.481 e. The number of hydrogen-bond donors (Lipinski definition) is 3. The van der Waals surface area contributed by atoms with E-state index in [9.17, 15) is 14.7 Å². The van der Waals surface area contributed by atoms with Crippen LogP contribution >= 0.6 is 0 Å². The third-order valence-electron chi connectivity index (χ3n) is 4.36. The number of carboxylic acids is 1. The third kappa shape index (κ3) is 3.53. The molecule has 116 valence electrons. The van der Waals surface area contributed by atoms with E-state index in [1.165, 1.54) is 0 Å². The molecule has 2 rings (SSSR count). The zero-order valence-electron chi connectivity index (χ0n) is 12.3. The Bertz CT molecular complexity index is 478. The van der Waals surface area contributed by atoms with Gasteiger partial charge in [0.25, 0.3) is 0 Å². The second kappa shape index (κ2) is 6.60. The lowest BCUT2D eigenvalue weighted by Gasteiger charge is -2.38. The molecule has 7 nitrogen and oxygen atoms in total. The Morgan fingerprint density at radius 1 is 1.48 bits per heavy atom. The van der Waals surface area contributed by atoms with E-state index in [0.29, 0.717) is 45.3 Å². The standard InChI is InChI=1S/C14H22N4O3/c1-2-14(12(19)20)4-7-18(8-5-14)13(21)16-6-3-11-9-15-10-17-11/h9-10H,2-8H2,1H3,(H,15,17)(H,16,21)(H,19,20). The number of imidazole rings is 1. The van der Waals surface area contributed by atoms with Crippen LogP contribution in [0.25, 0.3) is 0 Å². The summed E-state index contributed by atoms with van der Waals surface area (Å²) in [5.41, 5.74) is 0.317. The van der Waals surface area contributed by atoms with Gasteiger partial charge in [0.15, 0.2) is 0 Å². The van der Waals surface area contributed by atoms with Gasteiger partial charge in [-0.1, -0.05) is 6.92 Å². The van der Waals surface area contributed by atoms with Gasteiger partial charge in [0.05, 0.1) is 11.7 Å². The summed E-state index contributed by atoms with van der Waals surface area (Å²) in [5.74, 6) is -0.746. The molecule has 0 spiro atoms. The van der Waals surface area contributed by atoms with Crippen LogP contribution in [0.15, 0.2) is 12.5 Å². The zero-order valence-corrected chi connectivity index (χ0v) is 12.3. The number of carboxylic acid groups (broad SMARTS) is 1. The number of urea groups is 1. The zero-order chi connectivity index (χ0) is 15.3. The van der Waals surface area contributed by atoms with Gasteiger partial charge < -0.3 is 20.3 Å². The number of aromatic nitrogens is 2. The van der Waals surface area contributed by atoms with Crippen molar-refractivity contribution >= 4 is 12.0 Å². The van der Waals surface area contributed by atoms with Crippen molar-refractivity contribution < 1.29 is 14.7 Å². The molecule has 1 fully saturated rings. The molecule has 0 unspecified atom stereocenters. The molecule has 0 atom stereocenters. The SMILES string of the molecule is CCC1(C(=O)O)CCN(C(=O)NCCc2cnc[nH]2)CC1. The molecular formula is C14H22N4O3. The molecule has 21 heavy (non-hydrogen) atoms. The van der Waals surface area contributed by atoms with Gasteiger partial charge in [-0.3, -0.25) is 4.79 Å². The number of amides is 2. The predicted molar refractivity (Wildman–Crippen MR) is 76.9 cm³/mol. The molecule has 1 aliphatic rings. The van der Waals surface area contributed by atoms with Crippen LogP contribution < -0.4 is 5.32 Å². The number of piperidine rings is 1. The van der Waals surface area contributed by atoms with Gasteiger partial charge in [-0.25, -0.2) is 9.78 Å². The van der Waals surface area contributed by atoms with E-state index >= 15 is 0 Å². The Labute approximate surface area is 123 Å². The molecule has 0 radical (unpaired) electrons. The molecule has 0 saturated carbocycles. The number of aliphatic carboxylic acids is 1. The van der Waals surface area contributed by atoms with Crippen molar-refractivity contribution in [1.82, 2.24) is 20.2 Å². The van der Waals surface area contributed by atoms with Crippen LogP contribution in [0, 0.1) is 5.41 Å². The van der Waals surface area contributed by atoms with Crippen LogP contribution in [0.2, 0.25) is 0 Å². The largest absolute Gasteiger partial charge is 0.481 e. The first kappa shape index (κ1) is 15.3. The van der Waals surface area contributed by atoms with E-state index in [2.05, 4.69) is 15.3 Å². The van der Waals surface area contributed by atoms with E-state index < -0.39 is 11.4 Å². The molecule has 0 aliphatic carbocycles. The molecule has 0 aromatic carbocycles. The number of rotatable bonds is 5. The molecule has 3 N–H and O–H groups in total. The summed E-state index contributed by atoms with van der Waals surface area (Å²) in [6.45, 7) is 3.43. The molecule has 1 aliphatic heterocycles. The fourth-order valence-electron chi connectivity index (χ4n) is 2.69. The highest BCUT2D eigenvalue weighted by Crippen LogP contribution is 2.35. The van der Waals surface area contributed by atoms with Crippen LogP contribution in [-0.4, -0.2) is 51.6 Å². The average Bonchev–Trinajstić information content (AvgIpc) is 3.00. The number of H-pyrrole nitrogens is 1. The second-order valence-electron chi connectivity index (χ2n) is 5.48. The Hall–Kier alpha value is -2.05. The first-order chi connectivity index (χ1) is 10.1. The highest BCUT2D eigenvalue weighted by atomic mass is 16.4. The van der Waals surface area contributed by atoms with Gasteiger partial charge in [-0.15, -0.1) is 0 Å². The fourth-order valence-corrected chi connectivity index (χ4v) is 2.69. The van der Waals surface area contributed by atoms with E-state index in [-0.39, 0.29) is 6.03 Å². The van der Waals surface area contributed by atoms with Crippen molar-refractivity contribution in [1.29, 1.82) is 0 Å². The molecule has 1 aromatic heterocycles. The number of likely N-dealkylation sites (tertiary alicyclic amines) is 1. The molecule has 0 bridgehead atoms. The number of carbonyl (C=O) groups excluding carboxylic acids is 1. The number of carbonyl (C=O) groups is 2. The quantitative estimate of drug-likeness (QED) is 0.761. The van der Waals surface area contributed by atoms with Crippen molar-refractivity contribution in [3.05, 3.63) is 18.2 Å². The molecule has 2 amide bonds. The summed E-state index contributed by atoms with van der Waals surface area (Å²) in [4.78, 5) is 32.0. The van der Waals surface area contributed by atoms with Gasteiger partial charge in [0, 0.05) is 37.9 Å². The fraction of sp³-hybridized carbons (Fsp3) is 0.643. The summed E-state index contributed by atoms with van der Waals surface area (Å²) in [6.07, 6.45) is 5.69. The lowest BCUT2D eigenvalue weighted by molar-refractivity contribution is -0.151. The molecule has 2 heterocycles. The Balaban J connectivity index is 1.76. The van der Waals surface area contributed by atoms with Gasteiger partial charge in [0.2, 0.25) is 0 Å². The van der Waals surface area contributed by atoms with Crippen molar-refractivity contribution in [2.45, 2.75) is 32.6 Å². The first-order valence-electron chi connectivity index (χ1n) is 7.31. The maximum atomic E-state index is 12.0. The van der Waals surface area contributed by atoms with Crippen molar-refractivity contribution in [2.75, 3.05) is 19.6 Å². The summed E-state index contributed by atoms with van der Waals surface area (Å²) in [5, 5.41) is 12.2. The van der Waals surface area contributed by atoms with Crippen molar-refractivity contribution in [3.8, 4) is 0 Å². The van der Waals surface area contributed by atoms with Crippen LogP contribution in [0.5, 0.6) is 0 Å². The normalized spacial score (nSPS) is 17.5. The summed E-state index contributed by atoms with van der Waals surface area (Å²) < 4.78 is 0. The second-order valence-corrected chi connectivity index (χ2v) is 5.48. The maximum Gasteiger partial charge on any atom is 0.317 e. The highest BCUT2D eigenvalue weighted by molar-refractivity contribution is 5.77. The van der Waals surface area contributed by atoms with Gasteiger partial charge >= 0.3 is 12.0 Å². The minimum atomic E-state index is -0.746. The molecule has 1 aromatic rings. The van der Waals surface area contributed by atoms with E-state index in [0.717, 1.165) is 5.69 Å². The molecule has 1 saturated heterocycles. The number of aromatic amines is 1. The van der Waals surface area contributed by atoms with Crippen molar-refractivity contribution in [2.24, 2.45) is 5.41 Å². The topological polar surface area (TPSA) is 98.3 Å². The van der Waals surface area contributed by atoms with Crippen LogP contribution in [0.3, 0.4) is 0 Å². The summed E-state index contributed by atoms with van der Waals surface area (Å²) in [7, 11) is 0. The third-order valence-corrected chi connectivity index (χ3v) is 4.36. The summed E-state index contributed by atoms with van der Waals surface area (Å²) >= 11 is 0. The Morgan fingerprint density at radius 2 is 2.19 bits per heavy atom. The Kier molecular flexibility index (Phi) is 4.82. The number of nitrogens with zero attached hydrogens (tertiary/aromatic N) is 2. The van der Waals surface area contributed by atoms with Crippen LogP contribution in [-0.2, 0) is 11.2 Å². The lowest BCUT2D eigenvalue weighted by Crippen LogP contribution is -2.49. The first-order valence-corrected chi connectivity index (χ1v) is 7.31. The maximum absolute atomic E-state index is 12.0. The van der Waals surface area contributed by atoms with Crippen molar-refractivity contribution in [3.63, 3.8) is 0 Å². The monoisotopic (exact) mass is 294 g/mol. The number of hydrogen-bond acceptors (Lipinski definition) is 3. The Morgan fingerprint density at radius 3 is 2.71 bits per heavy atom. The smallest absolute Gasteiger partial charge is 0.317 e. The van der Waals surface area contributed by atoms with Crippen LogP contribution in [0.4, 0.5) is 4.79 Å². The van der Waals surface area contributed by atoms with Crippen LogP contribution in [0.1, 0.15) is 31.9 Å². The van der Waals surface area contributed by atoms with E-state index in [1.54, 1.807) is 17.4 Å². The van der Waals surface area contributed by atoms with E-state index in [4.69, 9.17) is 0 Å².